The number of aryl methyl sites for hydroxylation is 3. The Balaban J connectivity index is 1.52. The van der Waals surface area contributed by atoms with Crippen LogP contribution in [0.25, 0.3) is 11.8 Å². The first-order valence-electron chi connectivity index (χ1n) is 10.7. The molecular weight excluding hydrogens is 430 g/mol. The number of amides is 1. The zero-order chi connectivity index (χ0) is 23.3. The summed E-state index contributed by atoms with van der Waals surface area (Å²) in [5.74, 6) is -0.374. The number of aromatic nitrogens is 1. The molecule has 0 radical (unpaired) electrons. The quantitative estimate of drug-likeness (QED) is 0.541. The van der Waals surface area contributed by atoms with Crippen molar-refractivity contribution in [3.63, 3.8) is 0 Å². The summed E-state index contributed by atoms with van der Waals surface area (Å²) < 4.78 is 2.15. The third-order valence-electron chi connectivity index (χ3n) is 5.89. The van der Waals surface area contributed by atoms with Gasteiger partial charge in [-0.2, -0.15) is 15.1 Å². The van der Waals surface area contributed by atoms with E-state index >= 15 is 0 Å². The van der Waals surface area contributed by atoms with Crippen LogP contribution in [0.2, 0.25) is 0 Å². The smallest absolute Gasteiger partial charge is 0.283 e. The number of benzene rings is 2. The molecule has 0 fully saturated rings. The van der Waals surface area contributed by atoms with E-state index < -0.39 is 5.91 Å². The minimum absolute atomic E-state index is 0.0428. The van der Waals surface area contributed by atoms with Crippen molar-refractivity contribution in [1.82, 2.24) is 9.58 Å². The molecule has 0 saturated heterocycles. The highest BCUT2D eigenvalue weighted by molar-refractivity contribution is 8.27. The van der Waals surface area contributed by atoms with Gasteiger partial charge in [-0.05, 0) is 74.9 Å². The molecule has 2 aliphatic heterocycles. The third kappa shape index (κ3) is 3.64. The van der Waals surface area contributed by atoms with Crippen molar-refractivity contribution >= 4 is 39.8 Å². The lowest BCUT2D eigenvalue weighted by molar-refractivity contribution is -0.114. The maximum Gasteiger partial charge on any atom is 0.283 e. The summed E-state index contributed by atoms with van der Waals surface area (Å²) in [6.45, 7) is 8.14. The molecule has 3 heterocycles. The predicted octanol–water partition coefficient (Wildman–Crippen LogP) is 5.38. The number of amidine groups is 2. The van der Waals surface area contributed by atoms with E-state index in [1.54, 1.807) is 6.08 Å². The Labute approximate surface area is 196 Å². The van der Waals surface area contributed by atoms with Gasteiger partial charge >= 0.3 is 0 Å². The normalized spacial score (nSPS) is 16.8. The van der Waals surface area contributed by atoms with Crippen LogP contribution >= 0.6 is 11.8 Å². The summed E-state index contributed by atoms with van der Waals surface area (Å²) in [5, 5.41) is 15.9. The van der Waals surface area contributed by atoms with Crippen LogP contribution in [0.1, 0.15) is 33.6 Å². The predicted molar refractivity (Wildman–Crippen MR) is 135 cm³/mol. The van der Waals surface area contributed by atoms with E-state index in [0.717, 1.165) is 38.8 Å². The van der Waals surface area contributed by atoms with Gasteiger partial charge < -0.3 is 4.57 Å². The number of carbonyl (C=O) groups is 1. The number of hydrogen-bond donors (Lipinski definition) is 1. The van der Waals surface area contributed by atoms with Crippen LogP contribution in [0.5, 0.6) is 0 Å². The topological polar surface area (TPSA) is 73.8 Å². The molecule has 2 aliphatic rings. The minimum Gasteiger partial charge on any atom is -0.318 e. The van der Waals surface area contributed by atoms with Gasteiger partial charge in [0.25, 0.3) is 5.91 Å². The standard InChI is InChI=1S/C26H23N5OS/c1-15-9-11-20(12-10-15)30-17(3)13-19(18(30)4)14-22-23(27)31-26(28-24(22)32)33-25(29-31)21-8-6-5-7-16(21)2/h5-14,27H,1-4H3/b22-14+,27-23?. The van der Waals surface area contributed by atoms with Crippen molar-refractivity contribution in [3.05, 3.63) is 93.8 Å². The van der Waals surface area contributed by atoms with E-state index in [0.29, 0.717) is 5.17 Å². The average Bonchev–Trinajstić information content (AvgIpc) is 3.33. The first-order chi connectivity index (χ1) is 15.8. The van der Waals surface area contributed by atoms with Crippen LogP contribution in [0, 0.1) is 33.1 Å². The lowest BCUT2D eigenvalue weighted by Crippen LogP contribution is -2.35. The molecule has 1 aromatic heterocycles. The highest BCUT2D eigenvalue weighted by Crippen LogP contribution is 2.32. The van der Waals surface area contributed by atoms with Crippen LogP contribution in [0.15, 0.2) is 70.3 Å². The van der Waals surface area contributed by atoms with Gasteiger partial charge in [0.15, 0.2) is 5.84 Å². The summed E-state index contributed by atoms with van der Waals surface area (Å²) in [4.78, 5) is 17.1. The maximum absolute atomic E-state index is 12.9. The molecule has 0 unspecified atom stereocenters. The SMILES string of the molecule is Cc1ccc(-n2c(C)cc(/C=C3\C(=N)N4N=C(c5ccccc5C)SC4=NC3=O)c2C)cc1. The van der Waals surface area contributed by atoms with Crippen LogP contribution in [-0.2, 0) is 4.79 Å². The average molecular weight is 454 g/mol. The van der Waals surface area contributed by atoms with Crippen molar-refractivity contribution in [2.24, 2.45) is 10.1 Å². The largest absolute Gasteiger partial charge is 0.318 e. The second kappa shape index (κ2) is 8.01. The molecule has 0 saturated carbocycles. The van der Waals surface area contributed by atoms with E-state index in [9.17, 15) is 4.79 Å². The highest BCUT2D eigenvalue weighted by Gasteiger charge is 2.36. The van der Waals surface area contributed by atoms with Crippen LogP contribution in [0.3, 0.4) is 0 Å². The summed E-state index contributed by atoms with van der Waals surface area (Å²) >= 11 is 1.32. The molecule has 6 nitrogen and oxygen atoms in total. The van der Waals surface area contributed by atoms with Crippen LogP contribution in [-0.4, -0.2) is 31.5 Å². The molecule has 2 aromatic carbocycles. The molecule has 164 valence electrons. The number of carbonyl (C=O) groups excluding carboxylic acids is 1. The van der Waals surface area contributed by atoms with E-state index in [1.165, 1.54) is 22.3 Å². The molecule has 33 heavy (non-hydrogen) atoms. The molecule has 1 N–H and O–H groups in total. The molecule has 1 amide bonds. The summed E-state index contributed by atoms with van der Waals surface area (Å²) in [6.07, 6.45) is 1.75. The van der Waals surface area contributed by atoms with E-state index in [4.69, 9.17) is 5.41 Å². The lowest BCUT2D eigenvalue weighted by atomic mass is 10.1. The molecular formula is C26H23N5OS. The fourth-order valence-electron chi connectivity index (χ4n) is 4.09. The highest BCUT2D eigenvalue weighted by atomic mass is 32.2. The number of fused-ring (bicyclic) bond motifs is 1. The number of nitrogens with zero attached hydrogens (tertiary/aromatic N) is 4. The van der Waals surface area contributed by atoms with Gasteiger partial charge in [-0.1, -0.05) is 42.0 Å². The molecule has 3 aromatic rings. The lowest BCUT2D eigenvalue weighted by Gasteiger charge is -2.20. The molecule has 0 atom stereocenters. The van der Waals surface area contributed by atoms with E-state index in [1.807, 2.05) is 51.1 Å². The Morgan fingerprint density at radius 3 is 2.45 bits per heavy atom. The van der Waals surface area contributed by atoms with Crippen LogP contribution < -0.4 is 0 Å². The monoisotopic (exact) mass is 453 g/mol. The number of aliphatic imine (C=N–C) groups is 1. The van der Waals surface area contributed by atoms with Gasteiger partial charge in [0.1, 0.15) is 5.04 Å². The zero-order valence-corrected chi connectivity index (χ0v) is 19.7. The van der Waals surface area contributed by atoms with E-state index in [-0.39, 0.29) is 11.4 Å². The second-order valence-electron chi connectivity index (χ2n) is 8.24. The Kier molecular flexibility index (Phi) is 5.13. The van der Waals surface area contributed by atoms with Gasteiger partial charge in [0, 0.05) is 22.6 Å². The zero-order valence-electron chi connectivity index (χ0n) is 18.9. The van der Waals surface area contributed by atoms with Crippen LogP contribution in [0.4, 0.5) is 0 Å². The fourth-order valence-corrected chi connectivity index (χ4v) is 5.08. The van der Waals surface area contributed by atoms with Crippen molar-refractivity contribution in [1.29, 1.82) is 5.41 Å². The van der Waals surface area contributed by atoms with Crippen molar-refractivity contribution in [3.8, 4) is 5.69 Å². The van der Waals surface area contributed by atoms with Gasteiger partial charge in [-0.25, -0.2) is 0 Å². The summed E-state index contributed by atoms with van der Waals surface area (Å²) in [6, 6.07) is 18.3. The molecule has 0 spiro atoms. The first kappa shape index (κ1) is 21.2. The second-order valence-corrected chi connectivity index (χ2v) is 9.19. The van der Waals surface area contributed by atoms with Gasteiger partial charge in [0.2, 0.25) is 5.17 Å². The number of nitrogens with one attached hydrogen (secondary N) is 1. The van der Waals surface area contributed by atoms with E-state index in [2.05, 4.69) is 45.9 Å². The summed E-state index contributed by atoms with van der Waals surface area (Å²) in [7, 11) is 0. The number of hydrazone groups is 1. The Morgan fingerprint density at radius 2 is 1.73 bits per heavy atom. The van der Waals surface area contributed by atoms with Gasteiger partial charge in [0.05, 0.1) is 5.57 Å². The molecule has 5 rings (SSSR count). The van der Waals surface area contributed by atoms with Gasteiger partial charge in [-0.3, -0.25) is 10.2 Å². The molecule has 7 heteroatoms. The van der Waals surface area contributed by atoms with Gasteiger partial charge in [-0.15, -0.1) is 0 Å². The summed E-state index contributed by atoms with van der Waals surface area (Å²) in [5.41, 5.74) is 7.50. The molecule has 0 bridgehead atoms. The fraction of sp³-hybridized carbons (Fsp3) is 0.154. The first-order valence-corrected chi connectivity index (χ1v) is 11.5. The molecule has 0 aliphatic carbocycles. The minimum atomic E-state index is -0.417. The van der Waals surface area contributed by atoms with Crippen molar-refractivity contribution in [2.75, 3.05) is 0 Å². The number of thioether (sulfide) groups is 1. The Bertz CT molecular complexity index is 1410. The van der Waals surface area contributed by atoms with Crippen molar-refractivity contribution in [2.45, 2.75) is 27.7 Å². The Hall–Kier alpha value is -3.71. The number of hydrogen-bond acceptors (Lipinski definition) is 4. The van der Waals surface area contributed by atoms with Crippen molar-refractivity contribution < 1.29 is 4.79 Å². The maximum atomic E-state index is 12.9. The number of rotatable bonds is 3. The third-order valence-corrected chi connectivity index (χ3v) is 6.83. The Morgan fingerprint density at radius 1 is 1.00 bits per heavy atom.